The van der Waals surface area contributed by atoms with Gasteiger partial charge in [-0.15, -0.1) is 12.4 Å². The van der Waals surface area contributed by atoms with Crippen LogP contribution in [0, 0.1) is 16.0 Å². The zero-order valence-corrected chi connectivity index (χ0v) is 12.6. The Hall–Kier alpha value is -0.850. The van der Waals surface area contributed by atoms with Gasteiger partial charge in [-0.1, -0.05) is 15.9 Å². The van der Waals surface area contributed by atoms with Crippen molar-refractivity contribution < 1.29 is 10.0 Å². The summed E-state index contributed by atoms with van der Waals surface area (Å²) in [5.41, 5.74) is 0.628. The van der Waals surface area contributed by atoms with Crippen molar-refractivity contribution in [3.05, 3.63) is 32.8 Å². The Morgan fingerprint density at radius 2 is 2.21 bits per heavy atom. The molecule has 106 valence electrons. The van der Waals surface area contributed by atoms with Gasteiger partial charge < -0.3 is 10.4 Å². The number of nitrogens with one attached hydrogen (secondary N) is 1. The van der Waals surface area contributed by atoms with Gasteiger partial charge in [-0.2, -0.15) is 0 Å². The van der Waals surface area contributed by atoms with Gasteiger partial charge in [-0.25, -0.2) is 0 Å². The van der Waals surface area contributed by atoms with Crippen LogP contribution >= 0.6 is 28.3 Å². The zero-order valence-electron chi connectivity index (χ0n) is 10.2. The second-order valence-electron chi connectivity index (χ2n) is 4.62. The Bertz CT molecular complexity index is 459. The fourth-order valence-corrected chi connectivity index (χ4v) is 2.72. The van der Waals surface area contributed by atoms with E-state index in [4.69, 9.17) is 5.11 Å². The number of nitro groups is 1. The Morgan fingerprint density at radius 3 is 2.79 bits per heavy atom. The number of nitro benzene ring substituents is 1. The standard InChI is InChI=1S/C12H15BrN2O3.ClH/c13-9-2-4-11(12(6-9)15(17)18)14-10-3-1-8(5-10)7-16;/h2,4,6,8,10,14,16H,1,3,5,7H2;1H/t8-,10+;/m1./s1. The number of anilines is 1. The summed E-state index contributed by atoms with van der Waals surface area (Å²) in [6.07, 6.45) is 2.78. The molecule has 0 bridgehead atoms. The number of benzene rings is 1. The van der Waals surface area contributed by atoms with Crippen LogP contribution in [0.2, 0.25) is 0 Å². The molecule has 1 aromatic rings. The molecule has 0 heterocycles. The van der Waals surface area contributed by atoms with Gasteiger partial charge in [0.15, 0.2) is 0 Å². The molecule has 5 nitrogen and oxygen atoms in total. The van der Waals surface area contributed by atoms with Crippen LogP contribution in [-0.2, 0) is 0 Å². The molecule has 0 amide bonds. The number of aliphatic hydroxyl groups is 1. The van der Waals surface area contributed by atoms with E-state index in [-0.39, 0.29) is 35.7 Å². The summed E-state index contributed by atoms with van der Waals surface area (Å²) in [6.45, 7) is 0.195. The van der Waals surface area contributed by atoms with Crippen LogP contribution in [0.5, 0.6) is 0 Å². The third-order valence-corrected chi connectivity index (χ3v) is 3.81. The third kappa shape index (κ3) is 4.06. The van der Waals surface area contributed by atoms with Crippen molar-refractivity contribution in [1.29, 1.82) is 0 Å². The third-order valence-electron chi connectivity index (χ3n) is 3.32. The summed E-state index contributed by atoms with van der Waals surface area (Å²) in [7, 11) is 0. The van der Waals surface area contributed by atoms with Gasteiger partial charge in [0.05, 0.1) is 4.92 Å². The summed E-state index contributed by atoms with van der Waals surface area (Å²) in [4.78, 5) is 10.6. The summed E-state index contributed by atoms with van der Waals surface area (Å²) >= 11 is 3.23. The van der Waals surface area contributed by atoms with Gasteiger partial charge in [0.2, 0.25) is 0 Å². The zero-order chi connectivity index (χ0) is 13.1. The molecule has 1 aliphatic rings. The normalized spacial score (nSPS) is 21.8. The summed E-state index contributed by atoms with van der Waals surface area (Å²) in [6, 6.07) is 5.21. The van der Waals surface area contributed by atoms with Crippen molar-refractivity contribution in [3.63, 3.8) is 0 Å². The van der Waals surface area contributed by atoms with Gasteiger partial charge in [-0.05, 0) is 37.3 Å². The minimum Gasteiger partial charge on any atom is -0.396 e. The summed E-state index contributed by atoms with van der Waals surface area (Å²) in [5.74, 6) is 0.317. The highest BCUT2D eigenvalue weighted by molar-refractivity contribution is 9.10. The second kappa shape index (κ2) is 7.07. The van der Waals surface area contributed by atoms with Crippen molar-refractivity contribution in [1.82, 2.24) is 0 Å². The van der Waals surface area contributed by atoms with Crippen LogP contribution in [0.4, 0.5) is 11.4 Å². The molecule has 2 atom stereocenters. The maximum absolute atomic E-state index is 11.0. The van der Waals surface area contributed by atoms with E-state index in [1.807, 2.05) is 0 Å². The number of hydrogen-bond acceptors (Lipinski definition) is 4. The highest BCUT2D eigenvalue weighted by atomic mass is 79.9. The Balaban J connectivity index is 0.00000180. The fraction of sp³-hybridized carbons (Fsp3) is 0.500. The van der Waals surface area contributed by atoms with E-state index in [9.17, 15) is 10.1 Å². The first-order valence-corrected chi connectivity index (χ1v) is 6.70. The van der Waals surface area contributed by atoms with E-state index in [1.54, 1.807) is 12.1 Å². The van der Waals surface area contributed by atoms with Crippen LogP contribution in [0.15, 0.2) is 22.7 Å². The quantitative estimate of drug-likeness (QED) is 0.644. The molecule has 19 heavy (non-hydrogen) atoms. The summed E-state index contributed by atoms with van der Waals surface area (Å²) in [5, 5.41) is 23.3. The van der Waals surface area contributed by atoms with Gasteiger partial charge in [0, 0.05) is 23.2 Å². The molecule has 0 saturated heterocycles. The van der Waals surface area contributed by atoms with Crippen molar-refractivity contribution in [2.24, 2.45) is 5.92 Å². The molecular formula is C12H16BrClN2O3. The lowest BCUT2D eigenvalue weighted by Gasteiger charge is -2.14. The second-order valence-corrected chi connectivity index (χ2v) is 5.54. The Kier molecular flexibility index (Phi) is 6.03. The average Bonchev–Trinajstić information content (AvgIpc) is 2.79. The smallest absolute Gasteiger partial charge is 0.293 e. The van der Waals surface area contributed by atoms with E-state index in [0.717, 1.165) is 19.3 Å². The predicted molar refractivity (Wildman–Crippen MR) is 79.9 cm³/mol. The highest BCUT2D eigenvalue weighted by Crippen LogP contribution is 2.32. The molecule has 1 saturated carbocycles. The molecule has 1 fully saturated rings. The van der Waals surface area contributed by atoms with Crippen LogP contribution < -0.4 is 5.32 Å². The summed E-state index contributed by atoms with van der Waals surface area (Å²) < 4.78 is 0.694. The maximum atomic E-state index is 11.0. The SMILES string of the molecule is Cl.O=[N+]([O-])c1cc(Br)ccc1N[C@H]1CC[C@@H](CO)C1. The van der Waals surface area contributed by atoms with E-state index in [1.165, 1.54) is 6.07 Å². The largest absolute Gasteiger partial charge is 0.396 e. The first-order chi connectivity index (χ1) is 8.60. The van der Waals surface area contributed by atoms with Crippen molar-refractivity contribution >= 4 is 39.7 Å². The van der Waals surface area contributed by atoms with E-state index < -0.39 is 0 Å². The van der Waals surface area contributed by atoms with Crippen LogP contribution in [-0.4, -0.2) is 22.7 Å². The van der Waals surface area contributed by atoms with Gasteiger partial charge in [0.1, 0.15) is 5.69 Å². The lowest BCUT2D eigenvalue weighted by Crippen LogP contribution is -2.17. The van der Waals surface area contributed by atoms with Crippen molar-refractivity contribution in [2.45, 2.75) is 25.3 Å². The first kappa shape index (κ1) is 16.2. The monoisotopic (exact) mass is 350 g/mol. The molecule has 0 radical (unpaired) electrons. The highest BCUT2D eigenvalue weighted by Gasteiger charge is 2.25. The molecule has 1 aromatic carbocycles. The number of hydrogen-bond donors (Lipinski definition) is 2. The van der Waals surface area contributed by atoms with E-state index in [2.05, 4.69) is 21.2 Å². The molecule has 7 heteroatoms. The van der Waals surface area contributed by atoms with Crippen molar-refractivity contribution in [3.8, 4) is 0 Å². The number of nitrogens with zero attached hydrogens (tertiary/aromatic N) is 1. The van der Waals surface area contributed by atoms with Crippen molar-refractivity contribution in [2.75, 3.05) is 11.9 Å². The fourth-order valence-electron chi connectivity index (χ4n) is 2.37. The molecule has 1 aliphatic carbocycles. The predicted octanol–water partition coefficient (Wildman–Crippen LogP) is 3.35. The topological polar surface area (TPSA) is 75.4 Å². The maximum Gasteiger partial charge on any atom is 0.293 e. The van der Waals surface area contributed by atoms with E-state index in [0.29, 0.717) is 16.1 Å². The van der Waals surface area contributed by atoms with Crippen LogP contribution in [0.25, 0.3) is 0 Å². The molecule has 0 spiro atoms. The Morgan fingerprint density at radius 1 is 1.47 bits per heavy atom. The van der Waals surface area contributed by atoms with Gasteiger partial charge in [-0.3, -0.25) is 10.1 Å². The minimum absolute atomic E-state index is 0. The molecule has 2 rings (SSSR count). The lowest BCUT2D eigenvalue weighted by atomic mass is 10.1. The number of rotatable bonds is 4. The molecule has 2 N–H and O–H groups in total. The average molecular weight is 352 g/mol. The van der Waals surface area contributed by atoms with E-state index >= 15 is 0 Å². The van der Waals surface area contributed by atoms with Crippen LogP contribution in [0.3, 0.4) is 0 Å². The Labute approximate surface area is 126 Å². The van der Waals surface area contributed by atoms with Crippen LogP contribution in [0.1, 0.15) is 19.3 Å². The van der Waals surface area contributed by atoms with Gasteiger partial charge >= 0.3 is 0 Å². The number of aliphatic hydroxyl groups excluding tert-OH is 1. The minimum atomic E-state index is -0.383. The molecule has 0 unspecified atom stereocenters. The first-order valence-electron chi connectivity index (χ1n) is 5.91. The number of halogens is 2. The lowest BCUT2D eigenvalue weighted by molar-refractivity contribution is -0.384. The molecule has 0 aromatic heterocycles. The molecular weight excluding hydrogens is 336 g/mol. The molecule has 0 aliphatic heterocycles. The van der Waals surface area contributed by atoms with Gasteiger partial charge in [0.25, 0.3) is 5.69 Å².